The molecule has 1 aromatic heterocycles. The minimum atomic E-state index is -0.132. The van der Waals surface area contributed by atoms with Gasteiger partial charge in [0.1, 0.15) is 5.69 Å². The van der Waals surface area contributed by atoms with E-state index >= 15 is 0 Å². The fourth-order valence-electron chi connectivity index (χ4n) is 3.47. The van der Waals surface area contributed by atoms with Gasteiger partial charge < -0.3 is 10.2 Å². The Bertz CT molecular complexity index is 790. The second-order valence-corrected chi connectivity index (χ2v) is 7.11. The number of hydrogen-bond donors (Lipinski definition) is 1. The molecule has 0 spiro atoms. The van der Waals surface area contributed by atoms with Gasteiger partial charge in [0.2, 0.25) is 5.91 Å². The van der Waals surface area contributed by atoms with E-state index < -0.39 is 0 Å². The Labute approximate surface area is 154 Å². The van der Waals surface area contributed by atoms with Gasteiger partial charge in [0, 0.05) is 24.5 Å². The number of unbranched alkanes of at least 4 members (excludes halogenated alkanes) is 1. The SMILES string of the molecule is CCCCNC(=O)C1CCC(C)N(C(=O)c2ccc3ccccc3n2)C1. The number of carbonyl (C=O) groups excluding carboxylic acids is 2. The molecule has 2 aromatic rings. The highest BCUT2D eigenvalue weighted by molar-refractivity contribution is 5.95. The summed E-state index contributed by atoms with van der Waals surface area (Å²) in [7, 11) is 0. The van der Waals surface area contributed by atoms with Crippen molar-refractivity contribution < 1.29 is 9.59 Å². The molecule has 1 aromatic carbocycles. The zero-order chi connectivity index (χ0) is 18.5. The van der Waals surface area contributed by atoms with Crippen LogP contribution in [0, 0.1) is 5.92 Å². The Kier molecular flexibility index (Phi) is 5.86. The first-order valence-electron chi connectivity index (χ1n) is 9.54. The molecule has 1 saturated heterocycles. The molecular formula is C21H27N3O2. The maximum Gasteiger partial charge on any atom is 0.272 e. The number of hydrogen-bond acceptors (Lipinski definition) is 3. The lowest BCUT2D eigenvalue weighted by atomic mass is 9.92. The van der Waals surface area contributed by atoms with Crippen LogP contribution in [0.3, 0.4) is 0 Å². The third-order valence-corrected chi connectivity index (χ3v) is 5.16. The molecule has 2 unspecified atom stereocenters. The summed E-state index contributed by atoms with van der Waals surface area (Å²) in [6.07, 6.45) is 3.71. The Balaban J connectivity index is 1.72. The molecule has 2 atom stereocenters. The van der Waals surface area contributed by atoms with Gasteiger partial charge in [-0.25, -0.2) is 4.98 Å². The minimum absolute atomic E-state index is 0.0645. The first kappa shape index (κ1) is 18.4. The van der Waals surface area contributed by atoms with E-state index in [2.05, 4.69) is 17.2 Å². The second kappa shape index (κ2) is 8.30. The van der Waals surface area contributed by atoms with Crippen LogP contribution in [0.5, 0.6) is 0 Å². The summed E-state index contributed by atoms with van der Waals surface area (Å²) >= 11 is 0. The van der Waals surface area contributed by atoms with E-state index in [0.29, 0.717) is 18.8 Å². The van der Waals surface area contributed by atoms with E-state index in [9.17, 15) is 9.59 Å². The summed E-state index contributed by atoms with van der Waals surface area (Å²) in [6, 6.07) is 11.6. The summed E-state index contributed by atoms with van der Waals surface area (Å²) in [5, 5.41) is 4.02. The van der Waals surface area contributed by atoms with Crippen LogP contribution in [0.25, 0.3) is 10.9 Å². The predicted molar refractivity (Wildman–Crippen MR) is 103 cm³/mol. The molecule has 1 aliphatic heterocycles. The predicted octanol–water partition coefficient (Wildman–Crippen LogP) is 3.39. The Morgan fingerprint density at radius 3 is 2.81 bits per heavy atom. The highest BCUT2D eigenvalue weighted by Gasteiger charge is 2.33. The van der Waals surface area contributed by atoms with Crippen molar-refractivity contribution in [1.29, 1.82) is 0 Å². The largest absolute Gasteiger partial charge is 0.356 e. The van der Waals surface area contributed by atoms with Gasteiger partial charge in [-0.1, -0.05) is 37.6 Å². The number of piperidine rings is 1. The summed E-state index contributed by atoms with van der Waals surface area (Å²) in [5.74, 6) is -0.156. The number of amides is 2. The number of rotatable bonds is 5. The topological polar surface area (TPSA) is 62.3 Å². The van der Waals surface area contributed by atoms with Gasteiger partial charge in [0.15, 0.2) is 0 Å². The number of nitrogens with zero attached hydrogens (tertiary/aromatic N) is 2. The highest BCUT2D eigenvalue weighted by Crippen LogP contribution is 2.24. The number of likely N-dealkylation sites (tertiary alicyclic amines) is 1. The molecule has 1 N–H and O–H groups in total. The van der Waals surface area contributed by atoms with Crippen LogP contribution < -0.4 is 5.32 Å². The van der Waals surface area contributed by atoms with Gasteiger partial charge in [-0.2, -0.15) is 0 Å². The molecule has 0 bridgehead atoms. The lowest BCUT2D eigenvalue weighted by Crippen LogP contribution is -2.49. The third kappa shape index (κ3) is 4.03. The van der Waals surface area contributed by atoms with Gasteiger partial charge in [-0.15, -0.1) is 0 Å². The number of fused-ring (bicyclic) bond motifs is 1. The number of aromatic nitrogens is 1. The van der Waals surface area contributed by atoms with Crippen LogP contribution in [0.4, 0.5) is 0 Å². The zero-order valence-electron chi connectivity index (χ0n) is 15.6. The van der Waals surface area contributed by atoms with Crippen LogP contribution in [0.15, 0.2) is 36.4 Å². The molecule has 138 valence electrons. The second-order valence-electron chi connectivity index (χ2n) is 7.11. The van der Waals surface area contributed by atoms with Gasteiger partial charge in [0.25, 0.3) is 5.91 Å². The molecule has 2 heterocycles. The van der Waals surface area contributed by atoms with Gasteiger partial charge in [0.05, 0.1) is 11.4 Å². The zero-order valence-corrected chi connectivity index (χ0v) is 15.6. The van der Waals surface area contributed by atoms with Crippen molar-refractivity contribution in [2.45, 2.75) is 45.6 Å². The molecular weight excluding hydrogens is 326 g/mol. The Morgan fingerprint density at radius 1 is 1.19 bits per heavy atom. The lowest BCUT2D eigenvalue weighted by molar-refractivity contribution is -0.126. The van der Waals surface area contributed by atoms with Crippen molar-refractivity contribution in [3.63, 3.8) is 0 Å². The lowest BCUT2D eigenvalue weighted by Gasteiger charge is -2.37. The summed E-state index contributed by atoms with van der Waals surface area (Å²) in [6.45, 7) is 5.32. The van der Waals surface area contributed by atoms with Crippen LogP contribution in [0.1, 0.15) is 50.0 Å². The minimum Gasteiger partial charge on any atom is -0.356 e. The molecule has 3 rings (SSSR count). The molecule has 0 radical (unpaired) electrons. The average molecular weight is 353 g/mol. The Hall–Kier alpha value is -2.43. The van der Waals surface area contributed by atoms with Gasteiger partial charge in [-0.3, -0.25) is 9.59 Å². The molecule has 1 aliphatic rings. The van der Waals surface area contributed by atoms with Crippen molar-refractivity contribution >= 4 is 22.7 Å². The monoisotopic (exact) mass is 353 g/mol. The maximum atomic E-state index is 13.0. The van der Waals surface area contributed by atoms with E-state index in [1.807, 2.05) is 42.2 Å². The standard InChI is InChI=1S/C21H27N3O2/c1-3-4-13-22-20(25)17-10-9-15(2)24(14-17)21(26)19-12-11-16-7-5-6-8-18(16)23-19/h5-8,11-12,15,17H,3-4,9-10,13-14H2,1-2H3,(H,22,25). The molecule has 26 heavy (non-hydrogen) atoms. The van der Waals surface area contributed by atoms with Crippen molar-refractivity contribution in [1.82, 2.24) is 15.2 Å². The molecule has 0 aliphatic carbocycles. The smallest absolute Gasteiger partial charge is 0.272 e. The number of pyridine rings is 1. The van der Waals surface area contributed by atoms with Crippen LogP contribution >= 0.6 is 0 Å². The normalized spacial score (nSPS) is 20.2. The summed E-state index contributed by atoms with van der Waals surface area (Å²) in [5.41, 5.74) is 1.26. The van der Waals surface area contributed by atoms with Crippen molar-refractivity contribution in [2.75, 3.05) is 13.1 Å². The van der Waals surface area contributed by atoms with Gasteiger partial charge >= 0.3 is 0 Å². The summed E-state index contributed by atoms with van der Waals surface area (Å²) < 4.78 is 0. The van der Waals surface area contributed by atoms with E-state index in [4.69, 9.17) is 0 Å². The number of carbonyl (C=O) groups is 2. The molecule has 5 heteroatoms. The van der Waals surface area contributed by atoms with E-state index in [1.54, 1.807) is 6.07 Å². The van der Waals surface area contributed by atoms with E-state index in [1.165, 1.54) is 0 Å². The van der Waals surface area contributed by atoms with Crippen LogP contribution in [-0.4, -0.2) is 40.8 Å². The first-order chi connectivity index (χ1) is 12.6. The van der Waals surface area contributed by atoms with Crippen molar-refractivity contribution in [2.24, 2.45) is 5.92 Å². The number of benzene rings is 1. The third-order valence-electron chi connectivity index (χ3n) is 5.16. The fourth-order valence-corrected chi connectivity index (χ4v) is 3.47. The highest BCUT2D eigenvalue weighted by atomic mass is 16.2. The van der Waals surface area contributed by atoms with E-state index in [0.717, 1.165) is 36.6 Å². The first-order valence-corrected chi connectivity index (χ1v) is 9.54. The van der Waals surface area contributed by atoms with E-state index in [-0.39, 0.29) is 23.8 Å². The van der Waals surface area contributed by atoms with Crippen molar-refractivity contribution in [3.8, 4) is 0 Å². The number of nitrogens with one attached hydrogen (secondary N) is 1. The summed E-state index contributed by atoms with van der Waals surface area (Å²) in [4.78, 5) is 31.7. The molecule has 0 saturated carbocycles. The van der Waals surface area contributed by atoms with Crippen LogP contribution in [0.2, 0.25) is 0 Å². The number of para-hydroxylation sites is 1. The average Bonchev–Trinajstić information content (AvgIpc) is 2.67. The van der Waals surface area contributed by atoms with Crippen molar-refractivity contribution in [3.05, 3.63) is 42.1 Å². The fraction of sp³-hybridized carbons (Fsp3) is 0.476. The van der Waals surface area contributed by atoms with Gasteiger partial charge in [-0.05, 0) is 38.3 Å². The molecule has 1 fully saturated rings. The molecule has 5 nitrogen and oxygen atoms in total. The maximum absolute atomic E-state index is 13.0. The Morgan fingerprint density at radius 2 is 2.00 bits per heavy atom. The van der Waals surface area contributed by atoms with Crippen LogP contribution in [-0.2, 0) is 4.79 Å². The molecule has 2 amide bonds. The quantitative estimate of drug-likeness (QED) is 0.838.